The molecule has 1 aromatic carbocycles. The van der Waals surface area contributed by atoms with Crippen molar-refractivity contribution < 1.29 is 0 Å². The van der Waals surface area contributed by atoms with E-state index in [0.717, 1.165) is 42.6 Å². The number of anilines is 1. The third-order valence-corrected chi connectivity index (χ3v) is 5.62. The van der Waals surface area contributed by atoms with Crippen LogP contribution in [0.5, 0.6) is 0 Å². The minimum atomic E-state index is -0.329. The molecule has 0 heterocycles. The van der Waals surface area contributed by atoms with E-state index in [1.807, 2.05) is 18.2 Å². The van der Waals surface area contributed by atoms with Crippen LogP contribution in [0.15, 0.2) is 48.2 Å². The summed E-state index contributed by atoms with van der Waals surface area (Å²) in [6.45, 7) is 6.87. The quantitative estimate of drug-likeness (QED) is 0.199. The number of hydrogen-bond acceptors (Lipinski definition) is 6. The van der Waals surface area contributed by atoms with Crippen molar-refractivity contribution in [3.05, 3.63) is 53.8 Å². The largest absolute Gasteiger partial charge is 0.359 e. The lowest BCUT2D eigenvalue weighted by Gasteiger charge is -2.43. The summed E-state index contributed by atoms with van der Waals surface area (Å²) in [4.78, 5) is 0. The zero-order valence-electron chi connectivity index (χ0n) is 15.8. The Morgan fingerprint density at radius 3 is 2.59 bits per heavy atom. The molecule has 2 rings (SSSR count). The van der Waals surface area contributed by atoms with Gasteiger partial charge in [-0.05, 0) is 49.8 Å². The van der Waals surface area contributed by atoms with Crippen molar-refractivity contribution in [1.29, 1.82) is 16.2 Å². The molecule has 2 atom stereocenters. The normalized spacial score (nSPS) is 22.2. The maximum atomic E-state index is 8.03. The SMILES string of the molecule is C=CC1(CC(=N)C=N)CC(C=N)=C(Nc2ccc(C)cc2)CC1CCNS. The Morgan fingerprint density at radius 2 is 2.04 bits per heavy atom. The molecule has 0 aromatic heterocycles. The number of benzene rings is 1. The number of allylic oxidation sites excluding steroid dienone is 3. The minimum absolute atomic E-state index is 0.242. The van der Waals surface area contributed by atoms with E-state index >= 15 is 0 Å². The standard InChI is InChI=1S/C21H29N5S/c1-3-21(12-18(24)14-23)11-16(13-22)20(10-17(21)8-9-25-27)26-19-6-4-15(2)5-7-19/h3-7,13-14,17,22-27H,1,8-12H2,2H3. The van der Waals surface area contributed by atoms with Gasteiger partial charge in [-0.3, -0.25) is 4.72 Å². The number of hydrogen-bond donors (Lipinski definition) is 6. The molecule has 5 N–H and O–H groups in total. The Bertz CT molecular complexity index is 737. The summed E-state index contributed by atoms with van der Waals surface area (Å²) in [5.74, 6) is 0.242. The maximum absolute atomic E-state index is 8.03. The highest BCUT2D eigenvalue weighted by Gasteiger charge is 2.41. The fourth-order valence-electron chi connectivity index (χ4n) is 3.82. The van der Waals surface area contributed by atoms with Crippen molar-refractivity contribution in [2.24, 2.45) is 11.3 Å². The molecule has 0 fully saturated rings. The van der Waals surface area contributed by atoms with Gasteiger partial charge >= 0.3 is 0 Å². The molecule has 144 valence electrons. The van der Waals surface area contributed by atoms with Gasteiger partial charge in [-0.25, -0.2) is 0 Å². The van der Waals surface area contributed by atoms with Crippen molar-refractivity contribution in [3.8, 4) is 0 Å². The first-order valence-electron chi connectivity index (χ1n) is 9.12. The number of aryl methyl sites for hydroxylation is 1. The first-order valence-corrected chi connectivity index (χ1v) is 9.57. The smallest absolute Gasteiger partial charge is 0.0498 e. The number of thiol groups is 1. The van der Waals surface area contributed by atoms with E-state index in [2.05, 4.69) is 48.5 Å². The molecule has 27 heavy (non-hydrogen) atoms. The van der Waals surface area contributed by atoms with Crippen LogP contribution in [0.2, 0.25) is 0 Å². The second-order valence-corrected chi connectivity index (χ2v) is 7.51. The maximum Gasteiger partial charge on any atom is 0.0498 e. The molecule has 1 aromatic rings. The Balaban J connectivity index is 2.37. The highest BCUT2D eigenvalue weighted by molar-refractivity contribution is 7.78. The summed E-state index contributed by atoms with van der Waals surface area (Å²) in [7, 11) is 0. The second kappa shape index (κ2) is 9.67. The molecule has 0 saturated heterocycles. The lowest BCUT2D eigenvalue weighted by Crippen LogP contribution is -2.38. The Hall–Kier alpha value is -2.18. The van der Waals surface area contributed by atoms with Gasteiger partial charge in [-0.1, -0.05) is 36.6 Å². The van der Waals surface area contributed by atoms with Gasteiger partial charge in [0.25, 0.3) is 0 Å². The lowest BCUT2D eigenvalue weighted by atomic mass is 9.62. The third-order valence-electron chi connectivity index (χ3n) is 5.40. The molecule has 5 nitrogen and oxygen atoms in total. The minimum Gasteiger partial charge on any atom is -0.359 e. The van der Waals surface area contributed by atoms with Crippen molar-refractivity contribution >= 4 is 36.6 Å². The van der Waals surface area contributed by atoms with Crippen LogP contribution >= 0.6 is 12.8 Å². The summed E-state index contributed by atoms with van der Waals surface area (Å²) in [5.41, 5.74) is 4.17. The average molecular weight is 384 g/mol. The fourth-order valence-corrected chi connectivity index (χ4v) is 3.95. The van der Waals surface area contributed by atoms with Gasteiger partial charge in [-0.15, -0.1) is 6.58 Å². The second-order valence-electron chi connectivity index (χ2n) is 7.20. The molecule has 0 radical (unpaired) electrons. The van der Waals surface area contributed by atoms with E-state index in [0.29, 0.717) is 12.8 Å². The lowest BCUT2D eigenvalue weighted by molar-refractivity contribution is 0.209. The summed E-state index contributed by atoms with van der Waals surface area (Å²) >= 11 is 4.12. The van der Waals surface area contributed by atoms with Crippen LogP contribution in [0.1, 0.15) is 31.2 Å². The average Bonchev–Trinajstić information content (AvgIpc) is 2.69. The molecular formula is C21H29N5S. The van der Waals surface area contributed by atoms with Gasteiger partial charge in [-0.2, -0.15) is 0 Å². The monoisotopic (exact) mass is 383 g/mol. The number of rotatable bonds is 10. The van der Waals surface area contributed by atoms with Crippen LogP contribution in [0, 0.1) is 34.5 Å². The third kappa shape index (κ3) is 5.17. The topological polar surface area (TPSA) is 95.6 Å². The summed E-state index contributed by atoms with van der Waals surface area (Å²) in [6.07, 6.45) is 7.20. The summed E-state index contributed by atoms with van der Waals surface area (Å²) < 4.78 is 2.92. The van der Waals surface area contributed by atoms with E-state index in [-0.39, 0.29) is 17.0 Å². The zero-order chi connectivity index (χ0) is 19.9. The molecule has 0 spiro atoms. The van der Waals surface area contributed by atoms with Crippen LogP contribution in [-0.4, -0.2) is 24.7 Å². The Morgan fingerprint density at radius 1 is 1.33 bits per heavy atom. The molecular weight excluding hydrogens is 354 g/mol. The van der Waals surface area contributed by atoms with Crippen LogP contribution < -0.4 is 10.0 Å². The molecule has 2 unspecified atom stereocenters. The molecule has 6 heteroatoms. The van der Waals surface area contributed by atoms with E-state index in [9.17, 15) is 0 Å². The van der Waals surface area contributed by atoms with E-state index in [4.69, 9.17) is 16.2 Å². The van der Waals surface area contributed by atoms with E-state index < -0.39 is 0 Å². The predicted molar refractivity (Wildman–Crippen MR) is 119 cm³/mol. The van der Waals surface area contributed by atoms with Gasteiger partial charge < -0.3 is 21.5 Å². The van der Waals surface area contributed by atoms with Crippen LogP contribution in [0.3, 0.4) is 0 Å². The zero-order valence-corrected chi connectivity index (χ0v) is 16.7. The highest BCUT2D eigenvalue weighted by Crippen LogP contribution is 2.48. The van der Waals surface area contributed by atoms with Crippen molar-refractivity contribution in [1.82, 2.24) is 4.72 Å². The van der Waals surface area contributed by atoms with Crippen LogP contribution in [-0.2, 0) is 0 Å². The summed E-state index contributed by atoms with van der Waals surface area (Å²) in [6, 6.07) is 8.23. The van der Waals surface area contributed by atoms with Gasteiger partial charge in [0.05, 0.1) is 0 Å². The van der Waals surface area contributed by atoms with Gasteiger partial charge in [0.2, 0.25) is 0 Å². The van der Waals surface area contributed by atoms with Gasteiger partial charge in [0.1, 0.15) is 0 Å². The molecule has 0 amide bonds. The molecule has 1 aliphatic rings. The molecule has 1 aliphatic carbocycles. The van der Waals surface area contributed by atoms with Crippen molar-refractivity contribution in [2.45, 2.75) is 32.6 Å². The molecule has 0 bridgehead atoms. The van der Waals surface area contributed by atoms with E-state index in [1.54, 1.807) is 0 Å². The molecule has 0 aliphatic heterocycles. The van der Waals surface area contributed by atoms with Gasteiger partial charge in [0.15, 0.2) is 0 Å². The first kappa shape index (κ1) is 21.1. The van der Waals surface area contributed by atoms with E-state index in [1.165, 1.54) is 11.8 Å². The van der Waals surface area contributed by atoms with Crippen molar-refractivity contribution in [3.63, 3.8) is 0 Å². The number of nitrogens with one attached hydrogen (secondary N) is 5. The van der Waals surface area contributed by atoms with Crippen LogP contribution in [0.4, 0.5) is 5.69 Å². The predicted octanol–water partition coefficient (Wildman–Crippen LogP) is 4.78. The van der Waals surface area contributed by atoms with Gasteiger partial charge in [0, 0.05) is 47.9 Å². The fraction of sp³-hybridized carbons (Fsp3) is 0.381. The summed E-state index contributed by atoms with van der Waals surface area (Å²) in [5, 5.41) is 26.9. The Labute approximate surface area is 167 Å². The first-order chi connectivity index (χ1) is 13.0. The highest BCUT2D eigenvalue weighted by atomic mass is 32.1. The van der Waals surface area contributed by atoms with Crippen molar-refractivity contribution in [2.75, 3.05) is 11.9 Å². The Kier molecular flexibility index (Phi) is 7.56. The molecule has 0 saturated carbocycles. The van der Waals surface area contributed by atoms with Crippen LogP contribution in [0.25, 0.3) is 0 Å².